The number of nitrogen functional groups attached to an aromatic ring is 1. The third-order valence-corrected chi connectivity index (χ3v) is 3.96. The average molecular weight is 397 g/mol. The number of aliphatic hydroxyl groups is 1. The molecule has 28 heavy (non-hydrogen) atoms. The van der Waals surface area contributed by atoms with Gasteiger partial charge in [-0.15, -0.1) is 0 Å². The van der Waals surface area contributed by atoms with E-state index in [-0.39, 0.29) is 24.5 Å². The third-order valence-electron chi connectivity index (χ3n) is 3.96. The molecule has 1 aliphatic rings. The van der Waals surface area contributed by atoms with Gasteiger partial charge in [0.2, 0.25) is 12.4 Å². The van der Waals surface area contributed by atoms with Gasteiger partial charge < -0.3 is 34.5 Å². The van der Waals surface area contributed by atoms with Gasteiger partial charge in [-0.05, 0) is 17.7 Å². The van der Waals surface area contributed by atoms with E-state index in [1.54, 1.807) is 6.07 Å². The molecule has 1 aromatic rings. The highest BCUT2D eigenvalue weighted by atomic mass is 16.7. The van der Waals surface area contributed by atoms with Gasteiger partial charge in [0.15, 0.2) is 6.10 Å². The molecule has 1 aliphatic heterocycles. The number of rotatable bonds is 6. The minimum atomic E-state index is -1.30. The lowest BCUT2D eigenvalue weighted by molar-refractivity contribution is -0.251. The van der Waals surface area contributed by atoms with E-state index in [9.17, 15) is 19.5 Å². The van der Waals surface area contributed by atoms with Crippen LogP contribution in [0.2, 0.25) is 0 Å². The van der Waals surface area contributed by atoms with Crippen LogP contribution in [0.3, 0.4) is 0 Å². The van der Waals surface area contributed by atoms with Crippen molar-refractivity contribution in [2.45, 2.75) is 51.5 Å². The lowest BCUT2D eigenvalue weighted by Crippen LogP contribution is -2.55. The molecule has 0 aliphatic carbocycles. The minimum Gasteiger partial charge on any atom is -0.467 e. The normalized spacial score (nSPS) is 24.1. The molecule has 2 rings (SSSR count). The molecule has 0 radical (unpaired) electrons. The fourth-order valence-corrected chi connectivity index (χ4v) is 2.77. The van der Waals surface area contributed by atoms with E-state index in [2.05, 4.69) is 0 Å². The van der Waals surface area contributed by atoms with Crippen LogP contribution in [-0.2, 0) is 39.9 Å². The van der Waals surface area contributed by atoms with Crippen LogP contribution in [0.15, 0.2) is 18.2 Å². The topological polar surface area (TPSA) is 144 Å². The molecule has 3 N–H and O–H groups in total. The van der Waals surface area contributed by atoms with Crippen LogP contribution in [0.4, 0.5) is 5.69 Å². The van der Waals surface area contributed by atoms with Gasteiger partial charge in [-0.2, -0.15) is 0 Å². The van der Waals surface area contributed by atoms with Crippen LogP contribution in [0.5, 0.6) is 5.75 Å². The number of nitrogens with two attached hydrogens (primary N) is 1. The van der Waals surface area contributed by atoms with Gasteiger partial charge in [0.05, 0.1) is 19.4 Å². The van der Waals surface area contributed by atoms with Crippen LogP contribution >= 0.6 is 0 Å². The fourth-order valence-electron chi connectivity index (χ4n) is 2.77. The van der Waals surface area contributed by atoms with E-state index in [0.29, 0.717) is 5.56 Å². The third kappa shape index (κ3) is 5.33. The summed E-state index contributed by atoms with van der Waals surface area (Å²) in [6, 6.07) is 4.58. The van der Waals surface area contributed by atoms with Gasteiger partial charge in [0.1, 0.15) is 11.9 Å². The summed E-state index contributed by atoms with van der Waals surface area (Å²) < 4.78 is 26.5. The van der Waals surface area contributed by atoms with Crippen LogP contribution in [-0.4, -0.2) is 54.7 Å². The molecule has 1 heterocycles. The lowest BCUT2D eigenvalue weighted by atomic mass is 10.0. The average Bonchev–Trinajstić information content (AvgIpc) is 2.64. The van der Waals surface area contributed by atoms with Crippen molar-refractivity contribution in [2.75, 3.05) is 12.8 Å². The Morgan fingerprint density at radius 1 is 1.21 bits per heavy atom. The maximum Gasteiger partial charge on any atom is 0.335 e. The molecule has 0 spiro atoms. The highest BCUT2D eigenvalue weighted by molar-refractivity contribution is 5.75. The standard InChI is InChI=1S/C18H23NO9/c1-9(21)25-14-7-15(17(23)24-3)28-18(16(14)26-10(2)22)27-13-5-4-11(8-20)6-12(13)19/h4-6,14-16,18,20H,7-8,19H2,1-3H3/t14-,15-,16+,18+/m0/s1. The largest absolute Gasteiger partial charge is 0.467 e. The summed E-state index contributed by atoms with van der Waals surface area (Å²) >= 11 is 0. The summed E-state index contributed by atoms with van der Waals surface area (Å²) in [7, 11) is 1.19. The van der Waals surface area contributed by atoms with Crippen molar-refractivity contribution in [1.29, 1.82) is 0 Å². The SMILES string of the molecule is COC(=O)[C@@H]1C[C@H](OC(C)=O)[C@@H](OC(C)=O)[C@H](Oc2ccc(CO)cc2N)O1. The van der Waals surface area contributed by atoms with E-state index in [1.165, 1.54) is 33.1 Å². The highest BCUT2D eigenvalue weighted by Gasteiger charge is 2.47. The molecule has 0 aromatic heterocycles. The van der Waals surface area contributed by atoms with Gasteiger partial charge >= 0.3 is 17.9 Å². The van der Waals surface area contributed by atoms with Crippen LogP contribution in [0.1, 0.15) is 25.8 Å². The Hall–Kier alpha value is -2.85. The van der Waals surface area contributed by atoms with E-state index in [1.807, 2.05) is 0 Å². The van der Waals surface area contributed by atoms with Crippen molar-refractivity contribution >= 4 is 23.6 Å². The molecule has 1 fully saturated rings. The Kier molecular flexibility index (Phi) is 7.18. The second-order valence-electron chi connectivity index (χ2n) is 6.12. The summed E-state index contributed by atoms with van der Waals surface area (Å²) in [6.45, 7) is 2.16. The summed E-state index contributed by atoms with van der Waals surface area (Å²) in [5.74, 6) is -1.81. The first kappa shape index (κ1) is 21.5. The molecule has 0 amide bonds. The van der Waals surface area contributed by atoms with Crippen LogP contribution < -0.4 is 10.5 Å². The maximum absolute atomic E-state index is 12.0. The van der Waals surface area contributed by atoms with E-state index in [4.69, 9.17) is 29.4 Å². The molecule has 0 bridgehead atoms. The number of methoxy groups -OCH3 is 1. The van der Waals surface area contributed by atoms with Crippen molar-refractivity contribution in [2.24, 2.45) is 0 Å². The Labute approximate surface area is 161 Å². The molecule has 4 atom stereocenters. The Morgan fingerprint density at radius 3 is 2.43 bits per heavy atom. The van der Waals surface area contributed by atoms with Gasteiger partial charge in [0, 0.05) is 20.3 Å². The molecular formula is C18H23NO9. The quantitative estimate of drug-likeness (QED) is 0.390. The monoisotopic (exact) mass is 397 g/mol. The molecule has 0 saturated carbocycles. The number of hydrogen-bond donors (Lipinski definition) is 2. The number of esters is 3. The Morgan fingerprint density at radius 2 is 1.89 bits per heavy atom. The van der Waals surface area contributed by atoms with Crippen molar-refractivity contribution in [1.82, 2.24) is 0 Å². The molecular weight excluding hydrogens is 374 g/mol. The number of aliphatic hydroxyl groups excluding tert-OH is 1. The Bertz CT molecular complexity index is 736. The second kappa shape index (κ2) is 9.38. The van der Waals surface area contributed by atoms with E-state index < -0.39 is 42.5 Å². The van der Waals surface area contributed by atoms with E-state index >= 15 is 0 Å². The zero-order chi connectivity index (χ0) is 20.8. The number of ether oxygens (including phenoxy) is 5. The molecule has 154 valence electrons. The molecule has 1 saturated heterocycles. The minimum absolute atomic E-state index is 0.0804. The molecule has 10 heteroatoms. The van der Waals surface area contributed by atoms with Gasteiger partial charge in [-0.1, -0.05) is 6.07 Å². The van der Waals surface area contributed by atoms with Crippen molar-refractivity contribution < 1.29 is 43.2 Å². The summed E-state index contributed by atoms with van der Waals surface area (Å²) in [5.41, 5.74) is 6.68. The zero-order valence-corrected chi connectivity index (χ0v) is 15.7. The van der Waals surface area contributed by atoms with Gasteiger partial charge in [-0.3, -0.25) is 9.59 Å². The van der Waals surface area contributed by atoms with Crippen molar-refractivity contribution in [3.05, 3.63) is 23.8 Å². The van der Waals surface area contributed by atoms with Gasteiger partial charge in [-0.25, -0.2) is 4.79 Å². The Balaban J connectivity index is 2.34. The number of carbonyl (C=O) groups is 3. The summed E-state index contributed by atoms with van der Waals surface area (Å²) in [5, 5.41) is 9.18. The van der Waals surface area contributed by atoms with Crippen molar-refractivity contribution in [3.63, 3.8) is 0 Å². The number of carbonyl (C=O) groups excluding carboxylic acids is 3. The molecule has 0 unspecified atom stereocenters. The number of hydrogen-bond acceptors (Lipinski definition) is 10. The predicted octanol–water partition coefficient (Wildman–Crippen LogP) is 0.291. The van der Waals surface area contributed by atoms with E-state index in [0.717, 1.165) is 0 Å². The summed E-state index contributed by atoms with van der Waals surface area (Å²) in [4.78, 5) is 35.0. The van der Waals surface area contributed by atoms with Crippen LogP contribution in [0.25, 0.3) is 0 Å². The lowest BCUT2D eigenvalue weighted by Gasteiger charge is -2.39. The first-order valence-corrected chi connectivity index (χ1v) is 8.48. The number of benzene rings is 1. The smallest absolute Gasteiger partial charge is 0.335 e. The predicted molar refractivity (Wildman–Crippen MR) is 93.8 cm³/mol. The van der Waals surface area contributed by atoms with Crippen LogP contribution in [0, 0.1) is 0 Å². The molecule has 1 aromatic carbocycles. The first-order valence-electron chi connectivity index (χ1n) is 8.48. The zero-order valence-electron chi connectivity index (χ0n) is 15.7. The fraction of sp³-hybridized carbons (Fsp3) is 0.500. The maximum atomic E-state index is 12.0. The van der Waals surface area contributed by atoms with Crippen molar-refractivity contribution in [3.8, 4) is 5.75 Å². The molecule has 10 nitrogen and oxygen atoms in total. The second-order valence-corrected chi connectivity index (χ2v) is 6.12. The summed E-state index contributed by atoms with van der Waals surface area (Å²) in [6.07, 6.45) is -4.62. The first-order chi connectivity index (χ1) is 13.2. The number of anilines is 1. The van der Waals surface area contributed by atoms with Gasteiger partial charge in [0.25, 0.3) is 0 Å². The highest BCUT2D eigenvalue weighted by Crippen LogP contribution is 2.31.